The number of hydrogen-bond donors (Lipinski definition) is 1. The van der Waals surface area contributed by atoms with Crippen molar-refractivity contribution in [3.05, 3.63) is 18.0 Å². The number of hydrogen-bond acceptors (Lipinski definition) is 3. The van der Waals surface area contributed by atoms with E-state index < -0.39 is 0 Å². The number of aryl methyl sites for hydroxylation is 1. The van der Waals surface area contributed by atoms with Crippen LogP contribution in [0.3, 0.4) is 0 Å². The fourth-order valence-electron chi connectivity index (χ4n) is 1.58. The van der Waals surface area contributed by atoms with Crippen LogP contribution >= 0.6 is 0 Å². The molecule has 2 N–H and O–H groups in total. The molecule has 0 aliphatic heterocycles. The van der Waals surface area contributed by atoms with Crippen molar-refractivity contribution in [2.75, 3.05) is 19.6 Å². The molecular weight excluding hydrogens is 204 g/mol. The van der Waals surface area contributed by atoms with Gasteiger partial charge < -0.3 is 10.6 Å². The van der Waals surface area contributed by atoms with Crippen LogP contribution in [0.1, 0.15) is 30.1 Å². The Balaban J connectivity index is 2.66. The van der Waals surface area contributed by atoms with Crippen molar-refractivity contribution < 1.29 is 4.79 Å². The number of amides is 1. The smallest absolute Gasteiger partial charge is 0.257 e. The predicted molar refractivity (Wildman–Crippen MR) is 63.1 cm³/mol. The molecule has 1 heterocycles. The topological polar surface area (TPSA) is 64.2 Å². The molecule has 0 spiro atoms. The molecule has 1 rings (SSSR count). The van der Waals surface area contributed by atoms with Gasteiger partial charge in [-0.15, -0.1) is 0 Å². The Kier molecular flexibility index (Phi) is 4.98. The molecule has 90 valence electrons. The molecule has 0 bridgehead atoms. The van der Waals surface area contributed by atoms with E-state index in [0.717, 1.165) is 25.9 Å². The fourth-order valence-corrected chi connectivity index (χ4v) is 1.58. The maximum Gasteiger partial charge on any atom is 0.257 e. The summed E-state index contributed by atoms with van der Waals surface area (Å²) < 4.78 is 1.64. The SMILES string of the molecule is CCCN(CCCN)C(=O)c1cnn(C)c1. The van der Waals surface area contributed by atoms with E-state index in [2.05, 4.69) is 12.0 Å². The van der Waals surface area contributed by atoms with E-state index in [9.17, 15) is 4.79 Å². The molecular formula is C11H20N4O. The molecule has 5 heteroatoms. The first kappa shape index (κ1) is 12.7. The molecule has 0 aliphatic carbocycles. The number of carbonyl (C=O) groups excluding carboxylic acids is 1. The summed E-state index contributed by atoms with van der Waals surface area (Å²) in [6, 6.07) is 0. The summed E-state index contributed by atoms with van der Waals surface area (Å²) in [5.41, 5.74) is 6.11. The van der Waals surface area contributed by atoms with Gasteiger partial charge in [0.05, 0.1) is 11.8 Å². The number of nitrogens with two attached hydrogens (primary N) is 1. The van der Waals surface area contributed by atoms with Gasteiger partial charge in [0.2, 0.25) is 0 Å². The average Bonchev–Trinajstić information content (AvgIpc) is 2.70. The van der Waals surface area contributed by atoms with Crippen molar-refractivity contribution >= 4 is 5.91 Å². The van der Waals surface area contributed by atoms with Crippen LogP contribution in [0, 0.1) is 0 Å². The van der Waals surface area contributed by atoms with Gasteiger partial charge in [-0.25, -0.2) is 0 Å². The van der Waals surface area contributed by atoms with E-state index >= 15 is 0 Å². The first-order valence-electron chi connectivity index (χ1n) is 5.67. The van der Waals surface area contributed by atoms with E-state index in [0.29, 0.717) is 12.1 Å². The highest BCUT2D eigenvalue weighted by Gasteiger charge is 2.15. The van der Waals surface area contributed by atoms with Gasteiger partial charge in [-0.05, 0) is 19.4 Å². The lowest BCUT2D eigenvalue weighted by Crippen LogP contribution is -2.33. The Morgan fingerprint density at radius 2 is 2.31 bits per heavy atom. The summed E-state index contributed by atoms with van der Waals surface area (Å²) >= 11 is 0. The third-order valence-corrected chi connectivity index (χ3v) is 2.36. The van der Waals surface area contributed by atoms with Gasteiger partial charge in [0, 0.05) is 26.3 Å². The van der Waals surface area contributed by atoms with Gasteiger partial charge in [0.15, 0.2) is 0 Å². The first-order valence-corrected chi connectivity index (χ1v) is 5.67. The van der Waals surface area contributed by atoms with Crippen LogP contribution in [-0.4, -0.2) is 40.2 Å². The number of carbonyl (C=O) groups is 1. The van der Waals surface area contributed by atoms with E-state index in [-0.39, 0.29) is 5.91 Å². The lowest BCUT2D eigenvalue weighted by molar-refractivity contribution is 0.0754. The van der Waals surface area contributed by atoms with E-state index in [1.165, 1.54) is 0 Å². The van der Waals surface area contributed by atoms with Gasteiger partial charge in [0.1, 0.15) is 0 Å². The molecule has 0 aromatic carbocycles. The summed E-state index contributed by atoms with van der Waals surface area (Å²) in [6.45, 7) is 4.16. The van der Waals surface area contributed by atoms with E-state index in [1.54, 1.807) is 24.1 Å². The molecule has 0 unspecified atom stereocenters. The molecule has 0 fully saturated rings. The third kappa shape index (κ3) is 3.34. The minimum Gasteiger partial charge on any atom is -0.339 e. The summed E-state index contributed by atoms with van der Waals surface area (Å²) in [5, 5.41) is 4.00. The standard InChI is InChI=1S/C11H20N4O/c1-3-6-15(7-4-5-12)11(16)10-8-13-14(2)9-10/h8-9H,3-7,12H2,1-2H3. The van der Waals surface area contributed by atoms with Crippen LogP contribution in [0.2, 0.25) is 0 Å². The molecule has 16 heavy (non-hydrogen) atoms. The zero-order valence-corrected chi connectivity index (χ0v) is 10.0. The van der Waals surface area contributed by atoms with Crippen molar-refractivity contribution in [3.63, 3.8) is 0 Å². The molecule has 0 aliphatic rings. The van der Waals surface area contributed by atoms with Crippen molar-refractivity contribution in [2.24, 2.45) is 12.8 Å². The zero-order chi connectivity index (χ0) is 12.0. The van der Waals surface area contributed by atoms with Crippen molar-refractivity contribution in [1.82, 2.24) is 14.7 Å². The average molecular weight is 224 g/mol. The van der Waals surface area contributed by atoms with Crippen LogP contribution in [0.15, 0.2) is 12.4 Å². The second-order valence-corrected chi connectivity index (χ2v) is 3.84. The molecule has 0 atom stereocenters. The largest absolute Gasteiger partial charge is 0.339 e. The lowest BCUT2D eigenvalue weighted by atomic mass is 10.2. The van der Waals surface area contributed by atoms with Gasteiger partial charge in [-0.1, -0.05) is 6.92 Å². The van der Waals surface area contributed by atoms with Crippen LogP contribution in [0.4, 0.5) is 0 Å². The Morgan fingerprint density at radius 3 is 2.81 bits per heavy atom. The summed E-state index contributed by atoms with van der Waals surface area (Å²) in [7, 11) is 1.81. The summed E-state index contributed by atoms with van der Waals surface area (Å²) in [4.78, 5) is 13.9. The molecule has 1 aromatic heterocycles. The lowest BCUT2D eigenvalue weighted by Gasteiger charge is -2.21. The number of rotatable bonds is 6. The van der Waals surface area contributed by atoms with Crippen LogP contribution in [-0.2, 0) is 7.05 Å². The van der Waals surface area contributed by atoms with Crippen molar-refractivity contribution in [3.8, 4) is 0 Å². The van der Waals surface area contributed by atoms with E-state index in [4.69, 9.17) is 5.73 Å². The van der Waals surface area contributed by atoms with Gasteiger partial charge in [-0.2, -0.15) is 5.10 Å². The Labute approximate surface area is 96.2 Å². The minimum atomic E-state index is 0.0448. The Hall–Kier alpha value is -1.36. The molecule has 0 saturated carbocycles. The second-order valence-electron chi connectivity index (χ2n) is 3.84. The van der Waals surface area contributed by atoms with Crippen molar-refractivity contribution in [1.29, 1.82) is 0 Å². The fraction of sp³-hybridized carbons (Fsp3) is 0.636. The molecule has 1 aromatic rings. The third-order valence-electron chi connectivity index (χ3n) is 2.36. The number of aromatic nitrogens is 2. The summed E-state index contributed by atoms with van der Waals surface area (Å²) in [5.74, 6) is 0.0448. The van der Waals surface area contributed by atoms with E-state index in [1.807, 2.05) is 4.90 Å². The monoisotopic (exact) mass is 224 g/mol. The molecule has 1 amide bonds. The highest BCUT2D eigenvalue weighted by molar-refractivity contribution is 5.93. The Bertz CT molecular complexity index is 334. The maximum atomic E-state index is 12.1. The summed E-state index contributed by atoms with van der Waals surface area (Å²) in [6.07, 6.45) is 5.14. The first-order chi connectivity index (χ1) is 7.69. The zero-order valence-electron chi connectivity index (χ0n) is 10.0. The highest BCUT2D eigenvalue weighted by atomic mass is 16.2. The molecule has 5 nitrogen and oxygen atoms in total. The van der Waals surface area contributed by atoms with Crippen LogP contribution in [0.5, 0.6) is 0 Å². The normalized spacial score (nSPS) is 10.4. The van der Waals surface area contributed by atoms with Crippen LogP contribution in [0.25, 0.3) is 0 Å². The minimum absolute atomic E-state index is 0.0448. The predicted octanol–water partition coefficient (Wildman–Crippen LogP) is 0.621. The van der Waals surface area contributed by atoms with Gasteiger partial charge in [0.25, 0.3) is 5.91 Å². The van der Waals surface area contributed by atoms with Crippen LogP contribution < -0.4 is 5.73 Å². The number of nitrogens with zero attached hydrogens (tertiary/aromatic N) is 3. The highest BCUT2D eigenvalue weighted by Crippen LogP contribution is 2.05. The van der Waals surface area contributed by atoms with Crippen molar-refractivity contribution in [2.45, 2.75) is 19.8 Å². The second kappa shape index (κ2) is 6.27. The molecule has 0 saturated heterocycles. The molecule has 0 radical (unpaired) electrons. The van der Waals surface area contributed by atoms with Gasteiger partial charge in [-0.3, -0.25) is 9.48 Å². The quantitative estimate of drug-likeness (QED) is 0.770. The van der Waals surface area contributed by atoms with Gasteiger partial charge >= 0.3 is 0 Å². The Morgan fingerprint density at radius 1 is 1.56 bits per heavy atom. The maximum absolute atomic E-state index is 12.1.